The molecule has 3 aromatic carbocycles. The Morgan fingerprint density at radius 2 is 0.980 bits per heavy atom. The summed E-state index contributed by atoms with van der Waals surface area (Å²) in [7, 11) is 0. The van der Waals surface area contributed by atoms with Gasteiger partial charge in [0.2, 0.25) is 5.41 Å². The Labute approximate surface area is 281 Å². The fourth-order valence-corrected chi connectivity index (χ4v) is 7.62. The first-order valence-corrected chi connectivity index (χ1v) is 15.7. The molecule has 0 unspecified atom stereocenters. The molecule has 0 saturated heterocycles. The molecule has 0 spiro atoms. The van der Waals surface area contributed by atoms with Crippen molar-refractivity contribution in [3.63, 3.8) is 0 Å². The lowest BCUT2D eigenvalue weighted by Crippen LogP contribution is -2.55. The highest BCUT2D eigenvalue weighted by atomic mass is 19.4. The summed E-state index contributed by atoms with van der Waals surface area (Å²) < 4.78 is 91.5. The Balaban J connectivity index is 1.73. The maximum Gasteiger partial charge on any atom is 0.411 e. The van der Waals surface area contributed by atoms with Crippen molar-refractivity contribution in [3.8, 4) is 0 Å². The zero-order valence-corrected chi connectivity index (χ0v) is 29.1. The third kappa shape index (κ3) is 4.94. The van der Waals surface area contributed by atoms with Crippen molar-refractivity contribution in [1.29, 1.82) is 0 Å². The van der Waals surface area contributed by atoms with E-state index in [1.807, 2.05) is 27.7 Å². The van der Waals surface area contributed by atoms with Crippen molar-refractivity contribution in [3.05, 3.63) is 104 Å². The van der Waals surface area contributed by atoms with Gasteiger partial charge in [0.15, 0.2) is 0 Å². The Kier molecular flexibility index (Phi) is 7.90. The van der Waals surface area contributed by atoms with Crippen LogP contribution in [-0.4, -0.2) is 40.5 Å². The van der Waals surface area contributed by atoms with Crippen LogP contribution in [0.5, 0.6) is 0 Å². The molecule has 49 heavy (non-hydrogen) atoms. The van der Waals surface area contributed by atoms with E-state index in [1.54, 1.807) is 0 Å². The van der Waals surface area contributed by atoms with Crippen LogP contribution in [0, 0.1) is 27.7 Å². The molecule has 2 heterocycles. The van der Waals surface area contributed by atoms with Gasteiger partial charge in [0.25, 0.3) is 17.7 Å². The van der Waals surface area contributed by atoms with Crippen molar-refractivity contribution in [1.82, 2.24) is 4.90 Å². The Morgan fingerprint density at radius 3 is 1.39 bits per heavy atom. The molecule has 0 aromatic heterocycles. The molecule has 0 fully saturated rings. The Bertz CT molecular complexity index is 1950. The number of amides is 3. The molecule has 0 atom stereocenters. The van der Waals surface area contributed by atoms with E-state index in [4.69, 9.17) is 0 Å². The van der Waals surface area contributed by atoms with E-state index < -0.39 is 57.7 Å². The standard InChI is InChI=1S/C38H38F6N2O3/c1-18-20(3)30(21(4)19(2)29(18)34(6,7)8)45-22(5)27-16-23(12-14-25(27)31(45)47)36(37(39,40)41,38(42,43)44)24-13-15-26-28(17-24)33(49)46(32(26)48)35(9,10)11/h12-17H,5H2,1-4,6-11H3. The third-order valence-corrected chi connectivity index (χ3v) is 9.87. The van der Waals surface area contributed by atoms with Crippen LogP contribution in [0.15, 0.2) is 43.0 Å². The maximum atomic E-state index is 15.2. The summed E-state index contributed by atoms with van der Waals surface area (Å²) in [6, 6.07) is 4.25. The minimum Gasteiger partial charge on any atom is -0.276 e. The number of anilines is 1. The molecule has 0 N–H and O–H groups in total. The van der Waals surface area contributed by atoms with E-state index >= 15 is 26.3 Å². The molecule has 2 aliphatic rings. The number of carbonyl (C=O) groups is 3. The van der Waals surface area contributed by atoms with Gasteiger partial charge in [-0.25, -0.2) is 0 Å². The summed E-state index contributed by atoms with van der Waals surface area (Å²) in [4.78, 5) is 42.2. The van der Waals surface area contributed by atoms with Crippen LogP contribution in [0.2, 0.25) is 0 Å². The number of benzene rings is 3. The van der Waals surface area contributed by atoms with Gasteiger partial charge in [0.05, 0.1) is 22.5 Å². The van der Waals surface area contributed by atoms with Crippen LogP contribution >= 0.6 is 0 Å². The Morgan fingerprint density at radius 1 is 0.571 bits per heavy atom. The van der Waals surface area contributed by atoms with E-state index in [9.17, 15) is 14.4 Å². The van der Waals surface area contributed by atoms with E-state index in [2.05, 4.69) is 27.4 Å². The monoisotopic (exact) mass is 684 g/mol. The van der Waals surface area contributed by atoms with Gasteiger partial charge in [-0.15, -0.1) is 0 Å². The summed E-state index contributed by atoms with van der Waals surface area (Å²) in [5, 5.41) is 0. The molecule has 260 valence electrons. The van der Waals surface area contributed by atoms with Gasteiger partial charge in [-0.05, 0) is 117 Å². The molecule has 3 aromatic rings. The molecule has 5 nitrogen and oxygen atoms in total. The number of alkyl halides is 6. The van der Waals surface area contributed by atoms with Crippen LogP contribution in [-0.2, 0) is 10.8 Å². The van der Waals surface area contributed by atoms with Crippen LogP contribution in [0.25, 0.3) is 5.70 Å². The van der Waals surface area contributed by atoms with Crippen LogP contribution in [0.4, 0.5) is 32.0 Å². The van der Waals surface area contributed by atoms with Gasteiger partial charge >= 0.3 is 12.4 Å². The van der Waals surface area contributed by atoms with E-state index in [0.29, 0.717) is 30.0 Å². The zero-order valence-electron chi connectivity index (χ0n) is 29.1. The average Bonchev–Trinajstić information content (AvgIpc) is 3.34. The van der Waals surface area contributed by atoms with Crippen LogP contribution < -0.4 is 4.90 Å². The quantitative estimate of drug-likeness (QED) is 0.204. The lowest BCUT2D eigenvalue weighted by atomic mass is 9.71. The van der Waals surface area contributed by atoms with Gasteiger partial charge < -0.3 is 0 Å². The molecule has 0 bridgehead atoms. The summed E-state index contributed by atoms with van der Waals surface area (Å²) >= 11 is 0. The largest absolute Gasteiger partial charge is 0.411 e. The second-order valence-corrected chi connectivity index (χ2v) is 14.9. The number of hydrogen-bond donors (Lipinski definition) is 0. The number of imide groups is 1. The molecular formula is C38H38F6N2O3. The van der Waals surface area contributed by atoms with Gasteiger partial charge in [0, 0.05) is 16.7 Å². The molecular weight excluding hydrogens is 646 g/mol. The maximum absolute atomic E-state index is 15.2. The summed E-state index contributed by atoms with van der Waals surface area (Å²) in [6.45, 7) is 22.2. The molecule has 11 heteroatoms. The number of hydrogen-bond acceptors (Lipinski definition) is 3. The number of rotatable bonds is 3. The summed E-state index contributed by atoms with van der Waals surface area (Å²) in [6.07, 6.45) is -12.0. The van der Waals surface area contributed by atoms with Crippen LogP contribution in [0.1, 0.15) is 117 Å². The van der Waals surface area contributed by atoms with Gasteiger partial charge in [0.1, 0.15) is 0 Å². The smallest absolute Gasteiger partial charge is 0.276 e. The van der Waals surface area contributed by atoms with E-state index in [0.717, 1.165) is 44.8 Å². The van der Waals surface area contributed by atoms with Crippen molar-refractivity contribution in [2.75, 3.05) is 4.90 Å². The second-order valence-electron chi connectivity index (χ2n) is 14.9. The minimum absolute atomic E-state index is 0.0656. The first-order valence-electron chi connectivity index (χ1n) is 15.7. The normalized spacial score (nSPS) is 15.8. The lowest BCUT2D eigenvalue weighted by molar-refractivity contribution is -0.288. The Hall–Kier alpha value is -4.41. The highest BCUT2D eigenvalue weighted by Crippen LogP contribution is 2.57. The molecule has 5 rings (SSSR count). The van der Waals surface area contributed by atoms with Crippen molar-refractivity contribution in [2.24, 2.45) is 0 Å². The number of halogens is 6. The first-order chi connectivity index (χ1) is 22.2. The zero-order chi connectivity index (χ0) is 37.1. The second kappa shape index (κ2) is 10.8. The molecule has 0 saturated carbocycles. The third-order valence-electron chi connectivity index (χ3n) is 9.87. The van der Waals surface area contributed by atoms with Crippen molar-refractivity contribution < 1.29 is 40.7 Å². The van der Waals surface area contributed by atoms with E-state index in [1.165, 1.54) is 25.7 Å². The van der Waals surface area contributed by atoms with Crippen LogP contribution in [0.3, 0.4) is 0 Å². The van der Waals surface area contributed by atoms with Gasteiger partial charge in [-0.2, -0.15) is 26.3 Å². The number of nitrogens with zero attached hydrogens (tertiary/aromatic N) is 2. The molecule has 3 amide bonds. The predicted octanol–water partition coefficient (Wildman–Crippen LogP) is 9.65. The fraction of sp³-hybridized carbons (Fsp3) is 0.395. The summed E-state index contributed by atoms with van der Waals surface area (Å²) in [5.74, 6) is -2.44. The molecule has 0 aliphatic carbocycles. The fourth-order valence-electron chi connectivity index (χ4n) is 7.62. The highest BCUT2D eigenvalue weighted by Gasteiger charge is 2.73. The summed E-state index contributed by atoms with van der Waals surface area (Å²) in [5.41, 5.74) is -4.83. The van der Waals surface area contributed by atoms with Gasteiger partial charge in [-0.3, -0.25) is 24.2 Å². The SMILES string of the molecule is C=C1c2cc(C(c3ccc4c(c3)C(=O)N(C(C)(C)C)C4=O)(C(F)(F)F)C(F)(F)F)ccc2C(=O)N1c1c(C)c(C)c(C(C)(C)C)c(C)c1C. The minimum atomic E-state index is -5.98. The van der Waals surface area contributed by atoms with Gasteiger partial charge in [-0.1, -0.05) is 39.5 Å². The lowest BCUT2D eigenvalue weighted by Gasteiger charge is -2.38. The topological polar surface area (TPSA) is 57.7 Å². The first kappa shape index (κ1) is 35.9. The van der Waals surface area contributed by atoms with Crippen molar-refractivity contribution in [2.45, 2.75) is 98.0 Å². The average molecular weight is 685 g/mol. The predicted molar refractivity (Wildman–Crippen MR) is 176 cm³/mol. The molecule has 0 radical (unpaired) electrons. The number of carbonyl (C=O) groups excluding carboxylic acids is 3. The highest BCUT2D eigenvalue weighted by molar-refractivity contribution is 6.23. The number of fused-ring (bicyclic) bond motifs is 2. The van der Waals surface area contributed by atoms with Crippen molar-refractivity contribution >= 4 is 29.1 Å². The van der Waals surface area contributed by atoms with E-state index in [-0.39, 0.29) is 27.8 Å². The molecule has 2 aliphatic heterocycles.